The standard InChI is InChI=1S/C25H26N4O10/c26-16(11-12-1-5-14(6-2-12)38-15-7-3-13(30)4-8-15)22(34)28-18(24(35)36)21-19(32)20(33)23(39-21)29-10-9-17(31)27-25(29)37/h1-10,16,18-21,23,30,32-33H,11,26H2,(H,28,34)(H,35,36)(H,27,31,37)/t16?,18?,19-,20+,21+,23+/m0/s1. The third kappa shape index (κ3) is 6.32. The highest BCUT2D eigenvalue weighted by molar-refractivity contribution is 5.87. The second-order valence-electron chi connectivity index (χ2n) is 8.86. The summed E-state index contributed by atoms with van der Waals surface area (Å²) in [7, 11) is 0. The molecule has 1 amide bonds. The zero-order valence-corrected chi connectivity index (χ0v) is 20.2. The van der Waals surface area contributed by atoms with Gasteiger partial charge in [0.25, 0.3) is 5.56 Å². The number of carboxylic acids is 1. The molecule has 8 N–H and O–H groups in total. The first-order valence-electron chi connectivity index (χ1n) is 11.7. The molecule has 0 bridgehead atoms. The summed E-state index contributed by atoms with van der Waals surface area (Å²) in [4.78, 5) is 50.0. The zero-order valence-electron chi connectivity index (χ0n) is 20.2. The van der Waals surface area contributed by atoms with E-state index in [1.165, 1.54) is 12.1 Å². The van der Waals surface area contributed by atoms with E-state index in [1.807, 2.05) is 4.98 Å². The first-order chi connectivity index (χ1) is 18.5. The highest BCUT2D eigenvalue weighted by Crippen LogP contribution is 2.30. The monoisotopic (exact) mass is 542 g/mol. The third-order valence-corrected chi connectivity index (χ3v) is 6.08. The SMILES string of the molecule is NC(Cc1ccc(Oc2ccc(O)cc2)cc1)C(=O)NC(C(=O)O)[C@H]1O[C@@H](n2ccc(=O)[nH]c2=O)[C@H](O)[C@@H]1O. The lowest BCUT2D eigenvalue weighted by molar-refractivity contribution is -0.149. The molecule has 2 unspecified atom stereocenters. The lowest BCUT2D eigenvalue weighted by Crippen LogP contribution is -2.56. The molecule has 14 heteroatoms. The normalized spacial score (nSPS) is 22.1. The molecular formula is C25H26N4O10. The third-order valence-electron chi connectivity index (χ3n) is 6.08. The molecule has 2 heterocycles. The number of phenolic OH excluding ortho intramolecular Hbond substituents is 1. The Kier molecular flexibility index (Phi) is 8.11. The van der Waals surface area contributed by atoms with Crippen LogP contribution in [-0.4, -0.2) is 72.2 Å². The number of aliphatic carboxylic acids is 1. The number of benzene rings is 2. The van der Waals surface area contributed by atoms with Crippen LogP contribution in [-0.2, 0) is 20.7 Å². The van der Waals surface area contributed by atoms with Crippen molar-refractivity contribution < 1.29 is 39.5 Å². The van der Waals surface area contributed by atoms with Gasteiger partial charge in [-0.25, -0.2) is 9.59 Å². The maximum absolute atomic E-state index is 12.7. The molecule has 39 heavy (non-hydrogen) atoms. The molecule has 1 saturated heterocycles. The topological polar surface area (TPSA) is 226 Å². The van der Waals surface area contributed by atoms with Gasteiger partial charge in [-0.1, -0.05) is 12.1 Å². The van der Waals surface area contributed by atoms with Gasteiger partial charge in [-0.15, -0.1) is 0 Å². The van der Waals surface area contributed by atoms with Gasteiger partial charge in [0.2, 0.25) is 5.91 Å². The summed E-state index contributed by atoms with van der Waals surface area (Å²) < 4.78 is 11.9. The molecule has 4 rings (SSSR count). The maximum atomic E-state index is 12.7. The van der Waals surface area contributed by atoms with E-state index in [4.69, 9.17) is 15.2 Å². The Balaban J connectivity index is 1.40. The first kappa shape index (κ1) is 27.5. The molecule has 0 aliphatic carbocycles. The second kappa shape index (κ2) is 11.5. The number of nitrogens with zero attached hydrogens (tertiary/aromatic N) is 1. The van der Waals surface area contributed by atoms with Gasteiger partial charge in [0, 0.05) is 12.3 Å². The molecule has 3 aromatic rings. The van der Waals surface area contributed by atoms with Crippen LogP contribution in [0.1, 0.15) is 11.8 Å². The number of aromatic nitrogens is 2. The predicted octanol–water partition coefficient (Wildman–Crippen LogP) is -1.21. The Morgan fingerprint density at radius 3 is 2.23 bits per heavy atom. The number of carbonyl (C=O) groups excluding carboxylic acids is 1. The number of H-pyrrole nitrogens is 1. The Hall–Kier alpha value is -4.50. The predicted molar refractivity (Wildman–Crippen MR) is 133 cm³/mol. The Bertz CT molecular complexity index is 1440. The van der Waals surface area contributed by atoms with E-state index in [0.29, 0.717) is 17.1 Å². The first-order valence-corrected chi connectivity index (χ1v) is 11.7. The number of hydrogen-bond donors (Lipinski definition) is 7. The van der Waals surface area contributed by atoms with Gasteiger partial charge in [-0.2, -0.15) is 0 Å². The minimum Gasteiger partial charge on any atom is -0.508 e. The molecule has 0 radical (unpaired) electrons. The van der Waals surface area contributed by atoms with Crippen LogP contribution >= 0.6 is 0 Å². The highest BCUT2D eigenvalue weighted by atomic mass is 16.6. The Labute approximate surface area is 219 Å². The number of nitrogens with two attached hydrogens (primary N) is 1. The van der Waals surface area contributed by atoms with Crippen LogP contribution in [0.5, 0.6) is 17.2 Å². The minimum absolute atomic E-state index is 0.0315. The van der Waals surface area contributed by atoms with Crippen molar-refractivity contribution in [2.24, 2.45) is 5.73 Å². The minimum atomic E-state index is -1.82. The average Bonchev–Trinajstić information content (AvgIpc) is 3.18. The van der Waals surface area contributed by atoms with E-state index < -0.39 is 59.7 Å². The lowest BCUT2D eigenvalue weighted by Gasteiger charge is -2.24. The number of carboxylic acid groups (broad SMARTS) is 1. The van der Waals surface area contributed by atoms with Gasteiger partial charge >= 0.3 is 11.7 Å². The molecule has 206 valence electrons. The van der Waals surface area contributed by atoms with Crippen LogP contribution in [0.2, 0.25) is 0 Å². The number of aromatic hydroxyl groups is 1. The van der Waals surface area contributed by atoms with E-state index in [1.54, 1.807) is 36.4 Å². The number of aromatic amines is 1. The lowest BCUT2D eigenvalue weighted by atomic mass is 10.0. The van der Waals surface area contributed by atoms with Crippen molar-refractivity contribution in [2.45, 2.75) is 43.0 Å². The molecule has 0 spiro atoms. The summed E-state index contributed by atoms with van der Waals surface area (Å²) in [6.45, 7) is 0. The van der Waals surface area contributed by atoms with E-state index >= 15 is 0 Å². The van der Waals surface area contributed by atoms with Crippen molar-refractivity contribution in [3.8, 4) is 17.2 Å². The van der Waals surface area contributed by atoms with Gasteiger partial charge in [0.05, 0.1) is 6.04 Å². The fraction of sp³-hybridized carbons (Fsp3) is 0.280. The largest absolute Gasteiger partial charge is 0.508 e. The number of aliphatic hydroxyl groups excluding tert-OH is 2. The van der Waals surface area contributed by atoms with Crippen molar-refractivity contribution in [2.75, 3.05) is 0 Å². The number of aliphatic hydroxyl groups is 2. The molecule has 2 aromatic carbocycles. The number of carbonyl (C=O) groups is 2. The van der Waals surface area contributed by atoms with Crippen LogP contribution in [0.3, 0.4) is 0 Å². The van der Waals surface area contributed by atoms with Crippen molar-refractivity contribution in [1.29, 1.82) is 0 Å². The van der Waals surface area contributed by atoms with E-state index in [-0.39, 0.29) is 12.2 Å². The molecule has 1 fully saturated rings. The van der Waals surface area contributed by atoms with Crippen molar-refractivity contribution in [3.05, 3.63) is 87.2 Å². The molecular weight excluding hydrogens is 516 g/mol. The van der Waals surface area contributed by atoms with Crippen LogP contribution in [0, 0.1) is 0 Å². The molecule has 1 aromatic heterocycles. The number of ether oxygens (including phenoxy) is 2. The molecule has 14 nitrogen and oxygen atoms in total. The van der Waals surface area contributed by atoms with Crippen molar-refractivity contribution >= 4 is 11.9 Å². The molecule has 0 saturated carbocycles. The zero-order chi connectivity index (χ0) is 28.3. The summed E-state index contributed by atoms with van der Waals surface area (Å²) in [6.07, 6.45) is -5.65. The summed E-state index contributed by atoms with van der Waals surface area (Å²) in [6, 6.07) is 10.8. The summed E-state index contributed by atoms with van der Waals surface area (Å²) in [5.41, 5.74) is 4.99. The summed E-state index contributed by atoms with van der Waals surface area (Å²) >= 11 is 0. The van der Waals surface area contributed by atoms with Crippen LogP contribution < -0.4 is 27.0 Å². The van der Waals surface area contributed by atoms with Crippen LogP contribution in [0.4, 0.5) is 0 Å². The summed E-state index contributed by atoms with van der Waals surface area (Å²) in [5, 5.41) is 42.1. The van der Waals surface area contributed by atoms with Crippen LogP contribution in [0.25, 0.3) is 0 Å². The maximum Gasteiger partial charge on any atom is 0.330 e. The summed E-state index contributed by atoms with van der Waals surface area (Å²) in [5.74, 6) is -1.33. The van der Waals surface area contributed by atoms with E-state index in [0.717, 1.165) is 16.8 Å². The van der Waals surface area contributed by atoms with Crippen molar-refractivity contribution in [3.63, 3.8) is 0 Å². The van der Waals surface area contributed by atoms with Gasteiger partial charge in [0.15, 0.2) is 12.3 Å². The van der Waals surface area contributed by atoms with E-state index in [9.17, 15) is 39.6 Å². The second-order valence-corrected chi connectivity index (χ2v) is 8.86. The van der Waals surface area contributed by atoms with E-state index in [2.05, 4.69) is 5.32 Å². The van der Waals surface area contributed by atoms with Gasteiger partial charge < -0.3 is 41.0 Å². The van der Waals surface area contributed by atoms with Gasteiger partial charge in [-0.3, -0.25) is 19.1 Å². The Morgan fingerprint density at radius 2 is 1.64 bits per heavy atom. The van der Waals surface area contributed by atoms with Gasteiger partial charge in [0.1, 0.15) is 35.6 Å². The number of phenols is 1. The molecule has 1 aliphatic rings. The fourth-order valence-corrected chi connectivity index (χ4v) is 4.05. The Morgan fingerprint density at radius 1 is 1.03 bits per heavy atom. The smallest absolute Gasteiger partial charge is 0.330 e. The van der Waals surface area contributed by atoms with Gasteiger partial charge in [-0.05, 0) is 48.4 Å². The molecule has 6 atom stereocenters. The number of hydrogen-bond acceptors (Lipinski definition) is 10. The quantitative estimate of drug-likeness (QED) is 0.170. The number of rotatable bonds is 9. The van der Waals surface area contributed by atoms with Crippen LogP contribution in [0.15, 0.2) is 70.4 Å². The fourth-order valence-electron chi connectivity index (χ4n) is 4.05. The van der Waals surface area contributed by atoms with Crippen molar-refractivity contribution in [1.82, 2.24) is 14.9 Å². The molecule has 1 aliphatic heterocycles. The highest BCUT2D eigenvalue weighted by Gasteiger charge is 2.50. The average molecular weight is 543 g/mol. The number of amides is 1. The number of nitrogens with one attached hydrogen (secondary N) is 2.